The van der Waals surface area contributed by atoms with Crippen LogP contribution in [0, 0.1) is 23.7 Å². The minimum Gasteiger partial charge on any atom is -0.309 e. The van der Waals surface area contributed by atoms with Gasteiger partial charge in [-0.1, -0.05) is 30.4 Å². The molecular weight excluding hydrogens is 380 g/mol. The number of imide groups is 1. The average molecular weight is 402 g/mol. The van der Waals surface area contributed by atoms with Crippen LogP contribution in [-0.2, 0) is 27.2 Å². The maximum atomic E-state index is 12.9. The van der Waals surface area contributed by atoms with Gasteiger partial charge in [-0.05, 0) is 49.7 Å². The average Bonchev–Trinajstić information content (AvgIpc) is 3.55. The van der Waals surface area contributed by atoms with Crippen LogP contribution in [0.1, 0.15) is 24.1 Å². The fourth-order valence-corrected chi connectivity index (χ4v) is 5.71. The van der Waals surface area contributed by atoms with Crippen LogP contribution < -0.4 is 5.32 Å². The predicted molar refractivity (Wildman–Crippen MR) is 109 cm³/mol. The van der Waals surface area contributed by atoms with Crippen LogP contribution in [0.25, 0.3) is 5.69 Å². The Bertz CT molecular complexity index is 1070. The number of amides is 3. The molecule has 4 unspecified atom stereocenters. The van der Waals surface area contributed by atoms with Gasteiger partial charge in [-0.25, -0.2) is 4.68 Å². The zero-order chi connectivity index (χ0) is 20.4. The number of nitrogens with one attached hydrogen (secondary N) is 1. The quantitative estimate of drug-likeness (QED) is 0.627. The molecule has 3 amide bonds. The first-order chi connectivity index (χ1) is 14.6. The molecule has 0 spiro atoms. The van der Waals surface area contributed by atoms with Crippen LogP contribution in [0.4, 0.5) is 5.82 Å². The molecule has 6 rings (SSSR count). The minimum absolute atomic E-state index is 0.146. The molecule has 2 aromatic rings. The summed E-state index contributed by atoms with van der Waals surface area (Å²) in [7, 11) is 0. The molecule has 2 heterocycles. The van der Waals surface area contributed by atoms with E-state index in [9.17, 15) is 14.4 Å². The normalized spacial score (nSPS) is 28.3. The lowest BCUT2D eigenvalue weighted by atomic mass is 9.85. The Balaban J connectivity index is 1.25. The van der Waals surface area contributed by atoms with E-state index in [4.69, 9.17) is 5.10 Å². The Labute approximate surface area is 173 Å². The Morgan fingerprint density at radius 1 is 1.03 bits per heavy atom. The number of likely N-dealkylation sites (tertiary alicyclic amines) is 1. The number of anilines is 1. The molecule has 3 aliphatic carbocycles. The molecule has 7 nitrogen and oxygen atoms in total. The third kappa shape index (κ3) is 2.44. The first-order valence-corrected chi connectivity index (χ1v) is 10.6. The second kappa shape index (κ2) is 6.39. The molecule has 1 aromatic heterocycles. The van der Waals surface area contributed by atoms with Crippen molar-refractivity contribution in [3.63, 3.8) is 0 Å². The van der Waals surface area contributed by atoms with Gasteiger partial charge in [-0.15, -0.1) is 0 Å². The van der Waals surface area contributed by atoms with E-state index in [1.165, 1.54) is 4.90 Å². The zero-order valence-electron chi connectivity index (χ0n) is 16.5. The van der Waals surface area contributed by atoms with Crippen molar-refractivity contribution < 1.29 is 14.4 Å². The van der Waals surface area contributed by atoms with E-state index in [1.807, 2.05) is 30.3 Å². The van der Waals surface area contributed by atoms with Gasteiger partial charge in [0.15, 0.2) is 0 Å². The topological polar surface area (TPSA) is 84.3 Å². The van der Waals surface area contributed by atoms with E-state index in [0.29, 0.717) is 5.82 Å². The summed E-state index contributed by atoms with van der Waals surface area (Å²) in [5, 5.41) is 7.66. The van der Waals surface area contributed by atoms with Gasteiger partial charge in [-0.3, -0.25) is 19.3 Å². The lowest BCUT2D eigenvalue weighted by Crippen LogP contribution is -2.39. The van der Waals surface area contributed by atoms with E-state index in [0.717, 1.165) is 42.6 Å². The van der Waals surface area contributed by atoms with Crippen molar-refractivity contribution in [2.75, 3.05) is 11.9 Å². The van der Waals surface area contributed by atoms with E-state index in [-0.39, 0.29) is 47.9 Å². The van der Waals surface area contributed by atoms with Gasteiger partial charge in [0.2, 0.25) is 17.7 Å². The predicted octanol–water partition coefficient (Wildman–Crippen LogP) is 2.11. The molecule has 1 aliphatic heterocycles. The molecule has 1 saturated heterocycles. The van der Waals surface area contributed by atoms with Crippen LogP contribution in [0.5, 0.6) is 0 Å². The van der Waals surface area contributed by atoms with Crippen LogP contribution >= 0.6 is 0 Å². The van der Waals surface area contributed by atoms with Crippen molar-refractivity contribution in [2.24, 2.45) is 23.7 Å². The zero-order valence-corrected chi connectivity index (χ0v) is 16.5. The summed E-state index contributed by atoms with van der Waals surface area (Å²) in [5.74, 6) is -0.362. The van der Waals surface area contributed by atoms with Gasteiger partial charge < -0.3 is 5.32 Å². The van der Waals surface area contributed by atoms with Gasteiger partial charge in [0.1, 0.15) is 12.4 Å². The van der Waals surface area contributed by atoms with Crippen LogP contribution in [0.3, 0.4) is 0 Å². The molecule has 1 saturated carbocycles. The number of aromatic nitrogens is 2. The highest BCUT2D eigenvalue weighted by Crippen LogP contribution is 2.52. The Morgan fingerprint density at radius 3 is 2.43 bits per heavy atom. The highest BCUT2D eigenvalue weighted by atomic mass is 16.2. The lowest BCUT2D eigenvalue weighted by molar-refractivity contribution is -0.143. The summed E-state index contributed by atoms with van der Waals surface area (Å²) in [6.45, 7) is -0.237. The maximum absolute atomic E-state index is 12.9. The van der Waals surface area contributed by atoms with Crippen molar-refractivity contribution in [3.8, 4) is 5.69 Å². The number of rotatable bonds is 4. The standard InChI is InChI=1S/C23H22N4O3/c28-18(12-26-22(29)19-13-9-10-14(11-13)20(19)23(26)30)24-21-16-7-4-8-17(16)25-27(21)15-5-2-1-3-6-15/h1-3,5-6,9-10,13-14,19-20H,4,7-8,11-12H2,(H,24,28). The number of carbonyl (C=O) groups is 3. The number of aryl methyl sites for hydroxylation is 1. The number of benzene rings is 1. The van der Waals surface area contributed by atoms with Crippen LogP contribution in [0.15, 0.2) is 42.5 Å². The minimum atomic E-state index is -0.358. The SMILES string of the molecule is O=C(CN1C(=O)C2C3C=CC(C3)C2C1=O)Nc1c2c(nn1-c1ccccc1)CCC2. The molecule has 30 heavy (non-hydrogen) atoms. The van der Waals surface area contributed by atoms with Crippen molar-refractivity contribution in [1.29, 1.82) is 0 Å². The number of allylic oxidation sites excluding steroid dienone is 2. The van der Waals surface area contributed by atoms with E-state index in [2.05, 4.69) is 17.5 Å². The summed E-state index contributed by atoms with van der Waals surface area (Å²) in [5.41, 5.74) is 2.91. The number of nitrogens with zero attached hydrogens (tertiary/aromatic N) is 3. The van der Waals surface area contributed by atoms with Crippen molar-refractivity contribution in [2.45, 2.75) is 25.7 Å². The number of para-hydroxylation sites is 1. The monoisotopic (exact) mass is 402 g/mol. The van der Waals surface area contributed by atoms with Gasteiger partial charge >= 0.3 is 0 Å². The molecule has 2 bridgehead atoms. The van der Waals surface area contributed by atoms with E-state index >= 15 is 0 Å². The Hall–Kier alpha value is -3.22. The highest BCUT2D eigenvalue weighted by Gasteiger charge is 2.59. The highest BCUT2D eigenvalue weighted by molar-refractivity contribution is 6.09. The summed E-state index contributed by atoms with van der Waals surface area (Å²) >= 11 is 0. The molecule has 4 aliphatic rings. The van der Waals surface area contributed by atoms with Gasteiger partial charge in [0, 0.05) is 5.56 Å². The van der Waals surface area contributed by atoms with Crippen molar-refractivity contribution in [1.82, 2.24) is 14.7 Å². The molecular formula is C23H22N4O3. The fourth-order valence-electron chi connectivity index (χ4n) is 5.71. The van der Waals surface area contributed by atoms with Crippen LogP contribution in [-0.4, -0.2) is 38.9 Å². The second-order valence-electron chi connectivity index (χ2n) is 8.69. The van der Waals surface area contributed by atoms with Crippen LogP contribution in [0.2, 0.25) is 0 Å². The van der Waals surface area contributed by atoms with Gasteiger partial charge in [0.25, 0.3) is 0 Å². The second-order valence-corrected chi connectivity index (χ2v) is 8.69. The molecule has 0 radical (unpaired) electrons. The summed E-state index contributed by atoms with van der Waals surface area (Å²) < 4.78 is 1.76. The smallest absolute Gasteiger partial charge is 0.245 e. The van der Waals surface area contributed by atoms with Crippen molar-refractivity contribution >= 4 is 23.5 Å². The molecule has 2 fully saturated rings. The molecule has 4 atom stereocenters. The Kier molecular flexibility index (Phi) is 3.75. The fraction of sp³-hybridized carbons (Fsp3) is 0.391. The molecule has 152 valence electrons. The Morgan fingerprint density at radius 2 is 1.73 bits per heavy atom. The van der Waals surface area contributed by atoms with E-state index in [1.54, 1.807) is 4.68 Å². The number of hydrogen-bond acceptors (Lipinski definition) is 4. The number of fused-ring (bicyclic) bond motifs is 6. The number of hydrogen-bond donors (Lipinski definition) is 1. The maximum Gasteiger partial charge on any atom is 0.245 e. The lowest BCUT2D eigenvalue weighted by Gasteiger charge is -2.17. The van der Waals surface area contributed by atoms with Gasteiger partial charge in [-0.2, -0.15) is 5.10 Å². The summed E-state index contributed by atoms with van der Waals surface area (Å²) in [6.07, 6.45) is 7.76. The molecule has 7 heteroatoms. The molecule has 1 aromatic carbocycles. The summed E-state index contributed by atoms with van der Waals surface area (Å²) in [6, 6.07) is 9.67. The largest absolute Gasteiger partial charge is 0.309 e. The summed E-state index contributed by atoms with van der Waals surface area (Å²) in [4.78, 5) is 39.8. The molecule has 1 N–H and O–H groups in total. The first-order valence-electron chi connectivity index (χ1n) is 10.6. The van der Waals surface area contributed by atoms with E-state index < -0.39 is 0 Å². The third-order valence-corrected chi connectivity index (χ3v) is 7.03. The number of carbonyl (C=O) groups excluding carboxylic acids is 3. The first kappa shape index (κ1) is 17.6. The third-order valence-electron chi connectivity index (χ3n) is 7.03. The van der Waals surface area contributed by atoms with Crippen molar-refractivity contribution in [3.05, 3.63) is 53.7 Å². The van der Waals surface area contributed by atoms with Gasteiger partial charge in [0.05, 0.1) is 23.2 Å².